The Balaban J connectivity index is 0. The van der Waals surface area contributed by atoms with Crippen molar-refractivity contribution in [2.45, 2.75) is 115 Å². The Morgan fingerprint density at radius 1 is 0.792 bits per heavy atom. The molecule has 4 nitrogen and oxygen atoms in total. The van der Waals surface area contributed by atoms with Crippen LogP contribution >= 0.6 is 0 Å². The van der Waals surface area contributed by atoms with Crippen LogP contribution in [0, 0.1) is 0 Å². The van der Waals surface area contributed by atoms with Crippen molar-refractivity contribution in [3.63, 3.8) is 0 Å². The maximum atomic E-state index is 11.1. The predicted molar refractivity (Wildman–Crippen MR) is 95.5 cm³/mol. The largest absolute Gasteiger partial charge is 1.00 e. The Morgan fingerprint density at radius 3 is 1.50 bits per heavy atom. The van der Waals surface area contributed by atoms with Crippen molar-refractivity contribution >= 4 is 10.1 Å². The van der Waals surface area contributed by atoms with Gasteiger partial charge in [0, 0.05) is 5.25 Å². The summed E-state index contributed by atoms with van der Waals surface area (Å²) in [5.74, 6) is 0. The molecule has 2 unspecified atom stereocenters. The molecule has 1 N–H and O–H groups in total. The van der Waals surface area contributed by atoms with E-state index in [2.05, 4.69) is 0 Å². The molecule has 0 heterocycles. The SMILES string of the molecule is CCCC(CCCCCCCCCCCCC(C)O)S(=O)(=O)[O-].[K+]. The van der Waals surface area contributed by atoms with Crippen molar-refractivity contribution in [2.75, 3.05) is 0 Å². The summed E-state index contributed by atoms with van der Waals surface area (Å²) in [5, 5.41) is 8.48. The fraction of sp³-hybridized carbons (Fsp3) is 1.00. The zero-order valence-corrected chi connectivity index (χ0v) is 20.1. The molecule has 24 heavy (non-hydrogen) atoms. The molecule has 0 saturated carbocycles. The minimum Gasteiger partial charge on any atom is -0.748 e. The summed E-state index contributed by atoms with van der Waals surface area (Å²) >= 11 is 0. The summed E-state index contributed by atoms with van der Waals surface area (Å²) in [6.07, 6.45) is 14.1. The summed E-state index contributed by atoms with van der Waals surface area (Å²) in [6, 6.07) is 0. The van der Waals surface area contributed by atoms with Crippen LogP contribution in [-0.4, -0.2) is 29.4 Å². The molecule has 0 amide bonds. The molecule has 6 heteroatoms. The molecule has 0 fully saturated rings. The maximum absolute atomic E-state index is 11.1. The molecule has 0 saturated heterocycles. The first kappa shape index (κ1) is 27.7. The van der Waals surface area contributed by atoms with E-state index in [4.69, 9.17) is 5.11 Å². The number of hydrogen-bond donors (Lipinski definition) is 1. The zero-order chi connectivity index (χ0) is 17.6. The van der Waals surface area contributed by atoms with Crippen molar-refractivity contribution in [3.05, 3.63) is 0 Å². The third kappa shape index (κ3) is 18.3. The molecular formula is C18H37KO4S. The quantitative estimate of drug-likeness (QED) is 0.248. The summed E-state index contributed by atoms with van der Waals surface area (Å²) in [5.41, 5.74) is 0. The van der Waals surface area contributed by atoms with Crippen LogP contribution in [0.25, 0.3) is 0 Å². The van der Waals surface area contributed by atoms with Gasteiger partial charge in [-0.2, -0.15) is 0 Å². The monoisotopic (exact) mass is 388 g/mol. The molecule has 0 aliphatic heterocycles. The van der Waals surface area contributed by atoms with Crippen LogP contribution < -0.4 is 51.4 Å². The van der Waals surface area contributed by atoms with E-state index in [1.54, 1.807) is 0 Å². The molecule has 0 spiro atoms. The van der Waals surface area contributed by atoms with Gasteiger partial charge >= 0.3 is 51.4 Å². The number of hydrogen-bond acceptors (Lipinski definition) is 4. The van der Waals surface area contributed by atoms with Crippen LogP contribution in [0.3, 0.4) is 0 Å². The molecule has 2 atom stereocenters. The minimum atomic E-state index is -4.11. The van der Waals surface area contributed by atoms with Gasteiger partial charge in [-0.1, -0.05) is 77.6 Å². The topological polar surface area (TPSA) is 77.4 Å². The summed E-state index contributed by atoms with van der Waals surface area (Å²) < 4.78 is 33.3. The van der Waals surface area contributed by atoms with Gasteiger partial charge in [0.1, 0.15) is 0 Å². The van der Waals surface area contributed by atoms with Crippen molar-refractivity contribution in [1.29, 1.82) is 0 Å². The second-order valence-corrected chi connectivity index (χ2v) is 8.52. The van der Waals surface area contributed by atoms with Gasteiger partial charge in [-0.05, 0) is 26.2 Å². The number of aliphatic hydroxyl groups is 1. The van der Waals surface area contributed by atoms with Gasteiger partial charge in [-0.15, -0.1) is 0 Å². The third-order valence-electron chi connectivity index (χ3n) is 4.42. The van der Waals surface area contributed by atoms with Crippen molar-refractivity contribution in [2.24, 2.45) is 0 Å². The van der Waals surface area contributed by atoms with Gasteiger partial charge < -0.3 is 9.66 Å². The average molecular weight is 389 g/mol. The molecule has 0 aliphatic rings. The van der Waals surface area contributed by atoms with Crippen molar-refractivity contribution in [1.82, 2.24) is 0 Å². The molecule has 0 radical (unpaired) electrons. The predicted octanol–water partition coefficient (Wildman–Crippen LogP) is 1.77. The fourth-order valence-electron chi connectivity index (χ4n) is 2.98. The molecule has 0 bridgehead atoms. The summed E-state index contributed by atoms with van der Waals surface area (Å²) in [6.45, 7) is 3.76. The molecular weight excluding hydrogens is 351 g/mol. The summed E-state index contributed by atoms with van der Waals surface area (Å²) in [7, 11) is -4.11. The minimum absolute atomic E-state index is 0. The summed E-state index contributed by atoms with van der Waals surface area (Å²) in [4.78, 5) is 0. The average Bonchev–Trinajstić information content (AvgIpc) is 2.45. The number of rotatable bonds is 16. The Bertz CT molecular complexity index is 358. The standard InChI is InChI=1S/C18H38O4S.K/c1-3-14-18(23(20,21)22)16-13-11-9-7-5-4-6-8-10-12-15-17(2)19;/h17-19H,3-16H2,1-2H3,(H,20,21,22);/q;+1/p-1. The molecule has 0 aromatic rings. The molecule has 0 aliphatic carbocycles. The second-order valence-electron chi connectivity index (χ2n) is 6.87. The first-order valence-corrected chi connectivity index (χ1v) is 11.0. The van der Waals surface area contributed by atoms with E-state index in [1.165, 1.54) is 38.5 Å². The first-order valence-electron chi connectivity index (χ1n) is 9.50. The van der Waals surface area contributed by atoms with Crippen LogP contribution in [0.15, 0.2) is 0 Å². The van der Waals surface area contributed by atoms with Crippen LogP contribution in [0.2, 0.25) is 0 Å². The van der Waals surface area contributed by atoms with Crippen LogP contribution in [-0.2, 0) is 10.1 Å². The zero-order valence-electron chi connectivity index (χ0n) is 16.1. The van der Waals surface area contributed by atoms with E-state index in [0.717, 1.165) is 38.5 Å². The van der Waals surface area contributed by atoms with E-state index >= 15 is 0 Å². The Labute approximate surface area is 192 Å². The van der Waals surface area contributed by atoms with Gasteiger partial charge in [0.2, 0.25) is 0 Å². The van der Waals surface area contributed by atoms with Crippen LogP contribution in [0.1, 0.15) is 104 Å². The van der Waals surface area contributed by atoms with Gasteiger partial charge in [-0.25, -0.2) is 8.42 Å². The molecule has 0 aromatic carbocycles. The second kappa shape index (κ2) is 17.9. The van der Waals surface area contributed by atoms with Gasteiger partial charge in [0.05, 0.1) is 16.2 Å². The number of aliphatic hydroxyl groups excluding tert-OH is 1. The third-order valence-corrected chi connectivity index (χ3v) is 5.70. The van der Waals surface area contributed by atoms with E-state index in [9.17, 15) is 13.0 Å². The van der Waals surface area contributed by atoms with E-state index in [0.29, 0.717) is 12.8 Å². The van der Waals surface area contributed by atoms with E-state index in [-0.39, 0.29) is 57.5 Å². The maximum Gasteiger partial charge on any atom is 1.00 e. The van der Waals surface area contributed by atoms with Crippen LogP contribution in [0.5, 0.6) is 0 Å². The Hall–Kier alpha value is 1.51. The molecule has 0 rings (SSSR count). The van der Waals surface area contributed by atoms with E-state index < -0.39 is 15.4 Å². The molecule has 140 valence electrons. The van der Waals surface area contributed by atoms with Crippen molar-refractivity contribution in [3.8, 4) is 0 Å². The van der Waals surface area contributed by atoms with Gasteiger partial charge in [-0.3, -0.25) is 0 Å². The van der Waals surface area contributed by atoms with E-state index in [1.807, 2.05) is 13.8 Å². The normalized spacial score (nSPS) is 14.2. The molecule has 0 aromatic heterocycles. The Morgan fingerprint density at radius 2 is 1.17 bits per heavy atom. The van der Waals surface area contributed by atoms with Crippen LogP contribution in [0.4, 0.5) is 0 Å². The van der Waals surface area contributed by atoms with Crippen molar-refractivity contribution < 1.29 is 69.5 Å². The number of unbranched alkanes of at least 4 members (excludes halogenated alkanes) is 9. The van der Waals surface area contributed by atoms with Gasteiger partial charge in [0.15, 0.2) is 0 Å². The first-order chi connectivity index (χ1) is 10.9. The fourth-order valence-corrected chi connectivity index (χ4v) is 3.96. The van der Waals surface area contributed by atoms with Gasteiger partial charge in [0.25, 0.3) is 0 Å². The Kier molecular flexibility index (Phi) is 20.7. The smallest absolute Gasteiger partial charge is 0.748 e.